The maximum atomic E-state index is 11.5. The lowest BCUT2D eigenvalue weighted by molar-refractivity contribution is -0.142. The van der Waals surface area contributed by atoms with E-state index in [0.717, 1.165) is 16.3 Å². The number of ether oxygens (including phenoxy) is 1. The molecule has 2 N–H and O–H groups in total. The van der Waals surface area contributed by atoms with Crippen molar-refractivity contribution in [1.82, 2.24) is 5.32 Å². The second kappa shape index (κ2) is 6.85. The molecule has 0 saturated carbocycles. The van der Waals surface area contributed by atoms with E-state index in [4.69, 9.17) is 4.74 Å². The van der Waals surface area contributed by atoms with Gasteiger partial charge in [0.2, 0.25) is 5.91 Å². The van der Waals surface area contributed by atoms with Gasteiger partial charge in [-0.1, -0.05) is 42.5 Å². The van der Waals surface area contributed by atoms with Gasteiger partial charge in [-0.25, -0.2) is 4.79 Å². The van der Waals surface area contributed by atoms with E-state index in [9.17, 15) is 14.7 Å². The summed E-state index contributed by atoms with van der Waals surface area (Å²) in [6.45, 7) is -0.153. The van der Waals surface area contributed by atoms with Crippen LogP contribution in [0.4, 0.5) is 0 Å². The molecular formula is C16H17NO4. The lowest BCUT2D eigenvalue weighted by Gasteiger charge is -2.15. The molecule has 2 rings (SSSR count). The molecule has 0 fully saturated rings. The van der Waals surface area contributed by atoms with E-state index >= 15 is 0 Å². The van der Waals surface area contributed by atoms with Crippen molar-refractivity contribution < 1.29 is 19.4 Å². The van der Waals surface area contributed by atoms with Gasteiger partial charge in [0.25, 0.3) is 0 Å². The van der Waals surface area contributed by atoms with Crippen LogP contribution < -0.4 is 5.32 Å². The first-order valence-electron chi connectivity index (χ1n) is 6.59. The number of amides is 1. The fraction of sp³-hybridized carbons (Fsp3) is 0.250. The third-order valence-corrected chi connectivity index (χ3v) is 3.21. The molecule has 0 spiro atoms. The van der Waals surface area contributed by atoms with E-state index < -0.39 is 17.9 Å². The number of benzene rings is 2. The minimum absolute atomic E-state index is 0.153. The molecule has 2 aromatic rings. The molecule has 5 heteroatoms. The molecule has 2 aromatic carbocycles. The Bertz CT molecular complexity index is 648. The average Bonchev–Trinajstić information content (AvgIpc) is 2.47. The summed E-state index contributed by atoms with van der Waals surface area (Å²) < 4.78 is 4.70. The number of carboxylic acid groups (broad SMARTS) is 1. The molecule has 0 saturated heterocycles. The fourth-order valence-electron chi connectivity index (χ4n) is 2.26. The van der Waals surface area contributed by atoms with E-state index in [2.05, 4.69) is 5.32 Å². The Morgan fingerprint density at radius 2 is 1.90 bits per heavy atom. The normalized spacial score (nSPS) is 12.0. The Balaban J connectivity index is 2.23. The third-order valence-electron chi connectivity index (χ3n) is 3.21. The Hall–Kier alpha value is -2.40. The van der Waals surface area contributed by atoms with Crippen LogP contribution in [0.1, 0.15) is 5.56 Å². The molecule has 0 heterocycles. The van der Waals surface area contributed by atoms with Gasteiger partial charge < -0.3 is 15.2 Å². The number of methoxy groups -OCH3 is 1. The number of carbonyl (C=O) groups excluding carboxylic acids is 1. The molecule has 1 atom stereocenters. The summed E-state index contributed by atoms with van der Waals surface area (Å²) in [6.07, 6.45) is 0.228. The zero-order chi connectivity index (χ0) is 15.2. The minimum atomic E-state index is -1.06. The zero-order valence-corrected chi connectivity index (χ0v) is 11.7. The van der Waals surface area contributed by atoms with Gasteiger partial charge in [-0.3, -0.25) is 4.79 Å². The van der Waals surface area contributed by atoms with Crippen LogP contribution in [0.2, 0.25) is 0 Å². The van der Waals surface area contributed by atoms with Crippen LogP contribution in [-0.4, -0.2) is 36.7 Å². The molecule has 110 valence electrons. The number of hydrogen-bond donors (Lipinski definition) is 2. The monoisotopic (exact) mass is 287 g/mol. The van der Waals surface area contributed by atoms with E-state index in [1.165, 1.54) is 7.11 Å². The molecule has 0 radical (unpaired) electrons. The van der Waals surface area contributed by atoms with Crippen molar-refractivity contribution in [3.8, 4) is 0 Å². The van der Waals surface area contributed by atoms with Gasteiger partial charge in [-0.15, -0.1) is 0 Å². The predicted octanol–water partition coefficient (Wildman–Crippen LogP) is 1.60. The first kappa shape index (κ1) is 15.0. The van der Waals surface area contributed by atoms with E-state index in [1.807, 2.05) is 42.5 Å². The Labute approximate surface area is 122 Å². The third kappa shape index (κ3) is 3.79. The maximum Gasteiger partial charge on any atom is 0.326 e. The fourth-order valence-corrected chi connectivity index (χ4v) is 2.26. The molecule has 0 aromatic heterocycles. The summed E-state index contributed by atoms with van der Waals surface area (Å²) in [4.78, 5) is 22.8. The predicted molar refractivity (Wildman–Crippen MR) is 79.1 cm³/mol. The van der Waals surface area contributed by atoms with Crippen LogP contribution in [0.3, 0.4) is 0 Å². The van der Waals surface area contributed by atoms with Crippen molar-refractivity contribution in [3.05, 3.63) is 48.0 Å². The molecule has 0 bridgehead atoms. The van der Waals surface area contributed by atoms with Gasteiger partial charge in [0.15, 0.2) is 0 Å². The summed E-state index contributed by atoms with van der Waals surface area (Å²) in [5.41, 5.74) is 0.887. The highest BCUT2D eigenvalue weighted by molar-refractivity contribution is 5.88. The van der Waals surface area contributed by atoms with Gasteiger partial charge in [-0.2, -0.15) is 0 Å². The van der Waals surface area contributed by atoms with Crippen LogP contribution >= 0.6 is 0 Å². The van der Waals surface area contributed by atoms with Gasteiger partial charge in [0, 0.05) is 13.5 Å². The second-order valence-electron chi connectivity index (χ2n) is 4.73. The van der Waals surface area contributed by atoms with Crippen molar-refractivity contribution in [2.75, 3.05) is 13.7 Å². The Morgan fingerprint density at radius 1 is 1.19 bits per heavy atom. The summed E-state index contributed by atoms with van der Waals surface area (Å²) in [5.74, 6) is -1.50. The Kier molecular flexibility index (Phi) is 4.90. The molecule has 0 aliphatic heterocycles. The zero-order valence-electron chi connectivity index (χ0n) is 11.7. The highest BCUT2D eigenvalue weighted by Crippen LogP contribution is 2.19. The SMILES string of the molecule is COCC(=O)N[C@@H](Cc1cccc2ccccc12)C(=O)O. The average molecular weight is 287 g/mol. The summed E-state index contributed by atoms with van der Waals surface area (Å²) in [7, 11) is 1.39. The second-order valence-corrected chi connectivity index (χ2v) is 4.73. The van der Waals surface area contributed by atoms with Crippen molar-refractivity contribution >= 4 is 22.6 Å². The van der Waals surface area contributed by atoms with Crippen molar-refractivity contribution in [1.29, 1.82) is 0 Å². The number of nitrogens with one attached hydrogen (secondary N) is 1. The van der Waals surface area contributed by atoms with E-state index in [0.29, 0.717) is 0 Å². The van der Waals surface area contributed by atoms with Crippen molar-refractivity contribution in [2.24, 2.45) is 0 Å². The molecular weight excluding hydrogens is 270 g/mol. The molecule has 1 amide bonds. The number of carboxylic acids is 1. The summed E-state index contributed by atoms with van der Waals surface area (Å²) in [5, 5.41) is 13.8. The van der Waals surface area contributed by atoms with Gasteiger partial charge >= 0.3 is 5.97 Å². The van der Waals surface area contributed by atoms with Crippen LogP contribution in [0, 0.1) is 0 Å². The summed E-state index contributed by atoms with van der Waals surface area (Å²) in [6, 6.07) is 12.5. The Morgan fingerprint density at radius 3 is 2.62 bits per heavy atom. The quantitative estimate of drug-likeness (QED) is 0.846. The van der Waals surface area contributed by atoms with Crippen LogP contribution in [-0.2, 0) is 20.7 Å². The van der Waals surface area contributed by atoms with Gasteiger partial charge in [0.05, 0.1) is 0 Å². The number of fused-ring (bicyclic) bond motifs is 1. The van der Waals surface area contributed by atoms with Gasteiger partial charge in [0.1, 0.15) is 12.6 Å². The highest BCUT2D eigenvalue weighted by Gasteiger charge is 2.21. The van der Waals surface area contributed by atoms with Crippen LogP contribution in [0.5, 0.6) is 0 Å². The van der Waals surface area contributed by atoms with Crippen molar-refractivity contribution in [2.45, 2.75) is 12.5 Å². The topological polar surface area (TPSA) is 75.6 Å². The number of hydrogen-bond acceptors (Lipinski definition) is 3. The molecule has 0 unspecified atom stereocenters. The smallest absolute Gasteiger partial charge is 0.326 e. The van der Waals surface area contributed by atoms with E-state index in [-0.39, 0.29) is 13.0 Å². The van der Waals surface area contributed by atoms with Gasteiger partial charge in [-0.05, 0) is 16.3 Å². The summed E-state index contributed by atoms with van der Waals surface area (Å²) >= 11 is 0. The molecule has 0 aliphatic rings. The van der Waals surface area contributed by atoms with Crippen LogP contribution in [0.15, 0.2) is 42.5 Å². The van der Waals surface area contributed by atoms with Crippen molar-refractivity contribution in [3.63, 3.8) is 0 Å². The lowest BCUT2D eigenvalue weighted by atomic mass is 9.99. The minimum Gasteiger partial charge on any atom is -0.480 e. The van der Waals surface area contributed by atoms with Crippen LogP contribution in [0.25, 0.3) is 10.8 Å². The highest BCUT2D eigenvalue weighted by atomic mass is 16.5. The maximum absolute atomic E-state index is 11.5. The lowest BCUT2D eigenvalue weighted by Crippen LogP contribution is -2.43. The first-order valence-corrected chi connectivity index (χ1v) is 6.59. The molecule has 5 nitrogen and oxygen atoms in total. The molecule has 21 heavy (non-hydrogen) atoms. The first-order chi connectivity index (χ1) is 10.1. The standard InChI is InChI=1S/C16H17NO4/c1-21-10-15(18)17-14(16(19)20)9-12-7-4-6-11-5-2-3-8-13(11)12/h2-8,14H,9-10H2,1H3,(H,17,18)(H,19,20)/t14-/m0/s1. The largest absolute Gasteiger partial charge is 0.480 e. The van der Waals surface area contributed by atoms with E-state index in [1.54, 1.807) is 0 Å². The number of carbonyl (C=O) groups is 2. The number of aliphatic carboxylic acids is 1. The number of rotatable bonds is 6. The molecule has 0 aliphatic carbocycles.